The van der Waals surface area contributed by atoms with Crippen LogP contribution in [0.2, 0.25) is 0 Å². The topological polar surface area (TPSA) is 122 Å². The first-order valence-corrected chi connectivity index (χ1v) is 9.39. The molecular formula is C17H20N6O3S. The van der Waals surface area contributed by atoms with Crippen LogP contribution in [-0.2, 0) is 9.59 Å². The fourth-order valence-electron chi connectivity index (χ4n) is 2.78. The summed E-state index contributed by atoms with van der Waals surface area (Å²) >= 11 is 1.22. The van der Waals surface area contributed by atoms with Crippen LogP contribution in [0.1, 0.15) is 23.2 Å². The van der Waals surface area contributed by atoms with Crippen molar-refractivity contribution in [2.45, 2.75) is 12.8 Å². The maximum Gasteiger partial charge on any atom is 0.251 e. The lowest BCUT2D eigenvalue weighted by molar-refractivity contribution is -0.133. The van der Waals surface area contributed by atoms with E-state index in [1.54, 1.807) is 34.8 Å². The summed E-state index contributed by atoms with van der Waals surface area (Å²) in [5, 5.41) is 4.73. The molecule has 1 saturated heterocycles. The number of hydrogen-bond donors (Lipinski definition) is 2. The Bertz CT molecular complexity index is 817. The van der Waals surface area contributed by atoms with Gasteiger partial charge in [0.2, 0.25) is 17.8 Å². The van der Waals surface area contributed by atoms with Crippen molar-refractivity contribution in [2.24, 2.45) is 5.73 Å². The van der Waals surface area contributed by atoms with Crippen LogP contribution in [-0.4, -0.2) is 58.8 Å². The van der Waals surface area contributed by atoms with Gasteiger partial charge in [0.15, 0.2) is 0 Å². The fourth-order valence-corrected chi connectivity index (χ4v) is 3.59. The zero-order valence-electron chi connectivity index (χ0n) is 14.6. The van der Waals surface area contributed by atoms with Crippen molar-refractivity contribution in [3.63, 3.8) is 0 Å². The van der Waals surface area contributed by atoms with Crippen molar-refractivity contribution >= 4 is 40.0 Å². The molecule has 0 radical (unpaired) electrons. The standard InChI is InChI=1S/C17H20N6O3S/c18-15(26)12-4-11-27-16(12)21-13(24)2-3-14(25)22-7-9-23(10-8-22)17-19-5-1-6-20-17/h1,4-6,11H,2-3,7-10H2,(H2,18,26)(H,21,24). The number of piperazine rings is 1. The van der Waals surface area contributed by atoms with Gasteiger partial charge in [0.25, 0.3) is 5.91 Å². The van der Waals surface area contributed by atoms with Crippen LogP contribution >= 0.6 is 11.3 Å². The minimum atomic E-state index is -0.595. The molecular weight excluding hydrogens is 368 g/mol. The van der Waals surface area contributed by atoms with Crippen LogP contribution < -0.4 is 16.0 Å². The van der Waals surface area contributed by atoms with E-state index in [4.69, 9.17) is 5.73 Å². The average Bonchev–Trinajstić information content (AvgIpc) is 3.15. The van der Waals surface area contributed by atoms with Crippen LogP contribution in [0, 0.1) is 0 Å². The quantitative estimate of drug-likeness (QED) is 0.751. The maximum atomic E-state index is 12.3. The number of rotatable bonds is 6. The predicted octanol–water partition coefficient (Wildman–Crippen LogP) is 0.704. The lowest BCUT2D eigenvalue weighted by Crippen LogP contribution is -2.49. The van der Waals surface area contributed by atoms with Gasteiger partial charge in [0, 0.05) is 51.4 Å². The summed E-state index contributed by atoms with van der Waals surface area (Å²) in [7, 11) is 0. The van der Waals surface area contributed by atoms with Gasteiger partial charge in [-0.1, -0.05) is 0 Å². The highest BCUT2D eigenvalue weighted by Gasteiger charge is 2.23. The highest BCUT2D eigenvalue weighted by Crippen LogP contribution is 2.23. The number of nitrogens with zero attached hydrogens (tertiary/aromatic N) is 4. The second kappa shape index (κ2) is 8.58. The van der Waals surface area contributed by atoms with E-state index in [-0.39, 0.29) is 30.2 Å². The first-order valence-electron chi connectivity index (χ1n) is 8.51. The van der Waals surface area contributed by atoms with E-state index in [1.807, 2.05) is 4.90 Å². The lowest BCUT2D eigenvalue weighted by atomic mass is 10.2. The van der Waals surface area contributed by atoms with Crippen molar-refractivity contribution in [1.82, 2.24) is 14.9 Å². The summed E-state index contributed by atoms with van der Waals surface area (Å²) in [6, 6.07) is 3.32. The Morgan fingerprint density at radius 3 is 2.48 bits per heavy atom. The molecule has 1 aliphatic rings. The summed E-state index contributed by atoms with van der Waals surface area (Å²) < 4.78 is 0. The summed E-state index contributed by atoms with van der Waals surface area (Å²) in [5.74, 6) is -0.322. The number of nitrogens with two attached hydrogens (primary N) is 1. The Morgan fingerprint density at radius 1 is 1.11 bits per heavy atom. The smallest absolute Gasteiger partial charge is 0.251 e. The largest absolute Gasteiger partial charge is 0.366 e. The molecule has 3 N–H and O–H groups in total. The molecule has 1 aliphatic heterocycles. The van der Waals surface area contributed by atoms with Crippen LogP contribution in [0.4, 0.5) is 10.9 Å². The van der Waals surface area contributed by atoms with Gasteiger partial charge in [-0.2, -0.15) is 0 Å². The third-order valence-corrected chi connectivity index (χ3v) is 5.05. The number of aromatic nitrogens is 2. The van der Waals surface area contributed by atoms with Crippen LogP contribution in [0.5, 0.6) is 0 Å². The average molecular weight is 388 g/mol. The lowest BCUT2D eigenvalue weighted by Gasteiger charge is -2.34. The second-order valence-electron chi connectivity index (χ2n) is 5.99. The minimum absolute atomic E-state index is 0.0525. The van der Waals surface area contributed by atoms with Gasteiger partial charge in [0.05, 0.1) is 5.56 Å². The molecule has 10 heteroatoms. The summed E-state index contributed by atoms with van der Waals surface area (Å²) in [6.45, 7) is 2.43. The monoisotopic (exact) mass is 388 g/mol. The fraction of sp³-hybridized carbons (Fsp3) is 0.353. The van der Waals surface area contributed by atoms with E-state index in [9.17, 15) is 14.4 Å². The summed E-state index contributed by atoms with van der Waals surface area (Å²) in [5.41, 5.74) is 5.53. The van der Waals surface area contributed by atoms with E-state index >= 15 is 0 Å². The number of nitrogens with one attached hydrogen (secondary N) is 1. The number of anilines is 2. The highest BCUT2D eigenvalue weighted by atomic mass is 32.1. The first-order chi connectivity index (χ1) is 13.0. The molecule has 0 saturated carbocycles. The molecule has 3 amide bonds. The first kappa shape index (κ1) is 18.8. The van der Waals surface area contributed by atoms with E-state index < -0.39 is 5.91 Å². The number of carbonyl (C=O) groups is 3. The molecule has 0 atom stereocenters. The van der Waals surface area contributed by atoms with Crippen molar-refractivity contribution < 1.29 is 14.4 Å². The van der Waals surface area contributed by atoms with Crippen LogP contribution in [0.15, 0.2) is 29.9 Å². The van der Waals surface area contributed by atoms with Gasteiger partial charge in [-0.3, -0.25) is 14.4 Å². The molecule has 142 valence electrons. The Hall–Kier alpha value is -3.01. The molecule has 3 rings (SSSR count). The Kier molecular flexibility index (Phi) is 5.97. The Balaban J connectivity index is 1.44. The van der Waals surface area contributed by atoms with Crippen molar-refractivity contribution in [1.29, 1.82) is 0 Å². The number of hydrogen-bond acceptors (Lipinski definition) is 7. The molecule has 0 spiro atoms. The maximum absolute atomic E-state index is 12.3. The van der Waals surface area contributed by atoms with Gasteiger partial charge in [-0.15, -0.1) is 11.3 Å². The molecule has 9 nitrogen and oxygen atoms in total. The SMILES string of the molecule is NC(=O)c1ccsc1NC(=O)CCC(=O)N1CCN(c2ncccn2)CC1. The zero-order valence-corrected chi connectivity index (χ0v) is 15.4. The molecule has 0 bridgehead atoms. The highest BCUT2D eigenvalue weighted by molar-refractivity contribution is 7.14. The minimum Gasteiger partial charge on any atom is -0.366 e. The van der Waals surface area contributed by atoms with Gasteiger partial charge in [0.1, 0.15) is 5.00 Å². The predicted molar refractivity (Wildman–Crippen MR) is 102 cm³/mol. The molecule has 27 heavy (non-hydrogen) atoms. The zero-order chi connectivity index (χ0) is 19.2. The van der Waals surface area contributed by atoms with Gasteiger partial charge in [-0.25, -0.2) is 9.97 Å². The van der Waals surface area contributed by atoms with Crippen molar-refractivity contribution in [3.05, 3.63) is 35.5 Å². The third kappa shape index (κ3) is 4.79. The molecule has 0 aliphatic carbocycles. The van der Waals surface area contributed by atoms with Crippen molar-refractivity contribution in [3.8, 4) is 0 Å². The van der Waals surface area contributed by atoms with E-state index in [0.29, 0.717) is 37.1 Å². The summed E-state index contributed by atoms with van der Waals surface area (Å²) in [4.78, 5) is 47.9. The number of carbonyl (C=O) groups excluding carboxylic acids is 3. The van der Waals surface area contributed by atoms with Gasteiger partial charge in [-0.05, 0) is 17.5 Å². The Morgan fingerprint density at radius 2 is 1.81 bits per heavy atom. The molecule has 0 unspecified atom stereocenters. The molecule has 2 aromatic rings. The molecule has 1 fully saturated rings. The van der Waals surface area contributed by atoms with E-state index in [2.05, 4.69) is 15.3 Å². The van der Waals surface area contributed by atoms with Gasteiger partial charge < -0.3 is 20.9 Å². The van der Waals surface area contributed by atoms with Gasteiger partial charge >= 0.3 is 0 Å². The second-order valence-corrected chi connectivity index (χ2v) is 6.91. The van der Waals surface area contributed by atoms with E-state index in [1.165, 1.54) is 11.3 Å². The molecule has 0 aromatic carbocycles. The van der Waals surface area contributed by atoms with E-state index in [0.717, 1.165) is 0 Å². The normalized spacial score (nSPS) is 14.1. The summed E-state index contributed by atoms with van der Waals surface area (Å²) in [6.07, 6.45) is 3.55. The number of thiophene rings is 1. The molecule has 3 heterocycles. The third-order valence-electron chi connectivity index (χ3n) is 4.22. The Labute approximate surface area is 160 Å². The number of amides is 3. The van der Waals surface area contributed by atoms with Crippen LogP contribution in [0.3, 0.4) is 0 Å². The molecule has 2 aromatic heterocycles. The van der Waals surface area contributed by atoms with Crippen molar-refractivity contribution in [2.75, 3.05) is 36.4 Å². The van der Waals surface area contributed by atoms with Crippen LogP contribution in [0.25, 0.3) is 0 Å². The number of primary amides is 1.